The number of para-hydroxylation sites is 1. The van der Waals surface area contributed by atoms with Crippen molar-refractivity contribution < 1.29 is 4.79 Å². The number of hydrogen-bond donors (Lipinski definition) is 1. The minimum atomic E-state index is 0.0252. The van der Waals surface area contributed by atoms with Crippen LogP contribution in [0.2, 0.25) is 0 Å². The van der Waals surface area contributed by atoms with Gasteiger partial charge in [0.05, 0.1) is 5.52 Å². The van der Waals surface area contributed by atoms with Crippen molar-refractivity contribution in [3.8, 4) is 11.4 Å². The molecule has 0 amide bonds. The maximum Gasteiger partial charge on any atom is 0.163 e. The summed E-state index contributed by atoms with van der Waals surface area (Å²) in [6.07, 6.45) is 3.46. The Morgan fingerprint density at radius 2 is 1.85 bits per heavy atom. The number of hydrogen-bond acceptors (Lipinski definition) is 5. The largest absolute Gasteiger partial charge is 0.340 e. The summed E-state index contributed by atoms with van der Waals surface area (Å²) < 4.78 is 0. The molecule has 0 saturated heterocycles. The van der Waals surface area contributed by atoms with Crippen molar-refractivity contribution in [1.29, 1.82) is 0 Å². The van der Waals surface area contributed by atoms with Crippen LogP contribution in [0.3, 0.4) is 0 Å². The highest BCUT2D eigenvalue weighted by Crippen LogP contribution is 2.27. The molecule has 2 heterocycles. The van der Waals surface area contributed by atoms with Crippen molar-refractivity contribution in [3.05, 3.63) is 78.6 Å². The number of aromatic nitrogens is 3. The maximum absolute atomic E-state index is 11.6. The first-order valence-electron chi connectivity index (χ1n) is 8.26. The SMILES string of the molecule is CC(=O)c1cccc(Nc2nc(-c3cccnc3)nc3ccccc23)c1. The van der Waals surface area contributed by atoms with E-state index < -0.39 is 0 Å². The average molecular weight is 340 g/mol. The van der Waals surface area contributed by atoms with Gasteiger partial charge in [0.2, 0.25) is 0 Å². The van der Waals surface area contributed by atoms with E-state index in [-0.39, 0.29) is 5.78 Å². The Kier molecular flexibility index (Phi) is 4.11. The Balaban J connectivity index is 1.83. The van der Waals surface area contributed by atoms with Gasteiger partial charge in [-0.2, -0.15) is 0 Å². The Bertz CT molecular complexity index is 1090. The fourth-order valence-corrected chi connectivity index (χ4v) is 2.75. The van der Waals surface area contributed by atoms with Crippen molar-refractivity contribution in [3.63, 3.8) is 0 Å². The smallest absolute Gasteiger partial charge is 0.163 e. The van der Waals surface area contributed by atoms with Crippen molar-refractivity contribution in [2.75, 3.05) is 5.32 Å². The molecule has 0 fully saturated rings. The van der Waals surface area contributed by atoms with Crippen LogP contribution in [0.1, 0.15) is 17.3 Å². The number of nitrogens with zero attached hydrogens (tertiary/aromatic N) is 3. The van der Waals surface area contributed by atoms with Crippen molar-refractivity contribution in [2.45, 2.75) is 6.92 Å². The molecule has 0 bridgehead atoms. The van der Waals surface area contributed by atoms with Crippen LogP contribution >= 0.6 is 0 Å². The average Bonchev–Trinajstić information content (AvgIpc) is 2.69. The molecule has 2 aromatic carbocycles. The summed E-state index contributed by atoms with van der Waals surface area (Å²) in [6, 6.07) is 19.0. The third kappa shape index (κ3) is 3.15. The molecule has 0 aliphatic rings. The fraction of sp³-hybridized carbons (Fsp3) is 0.0476. The molecule has 0 aliphatic carbocycles. The zero-order valence-electron chi connectivity index (χ0n) is 14.2. The molecule has 0 aliphatic heterocycles. The maximum atomic E-state index is 11.6. The topological polar surface area (TPSA) is 67.8 Å². The third-order valence-electron chi connectivity index (χ3n) is 4.05. The number of rotatable bonds is 4. The first-order chi connectivity index (χ1) is 12.7. The molecule has 0 spiro atoms. The summed E-state index contributed by atoms with van der Waals surface area (Å²) in [7, 11) is 0. The van der Waals surface area contributed by atoms with Gasteiger partial charge < -0.3 is 5.32 Å². The molecule has 4 rings (SSSR count). The lowest BCUT2D eigenvalue weighted by atomic mass is 10.1. The number of fused-ring (bicyclic) bond motifs is 1. The lowest BCUT2D eigenvalue weighted by Gasteiger charge is -2.11. The van der Waals surface area contributed by atoms with E-state index in [4.69, 9.17) is 4.98 Å². The van der Waals surface area contributed by atoms with Crippen LogP contribution in [0.15, 0.2) is 73.1 Å². The second-order valence-electron chi connectivity index (χ2n) is 5.92. The predicted molar refractivity (Wildman–Crippen MR) is 102 cm³/mol. The number of nitrogens with one attached hydrogen (secondary N) is 1. The third-order valence-corrected chi connectivity index (χ3v) is 4.05. The molecule has 26 heavy (non-hydrogen) atoms. The second-order valence-corrected chi connectivity index (χ2v) is 5.92. The number of carbonyl (C=O) groups is 1. The Morgan fingerprint density at radius 3 is 2.65 bits per heavy atom. The molecular weight excluding hydrogens is 324 g/mol. The lowest BCUT2D eigenvalue weighted by Crippen LogP contribution is -2.00. The molecule has 5 heteroatoms. The number of benzene rings is 2. The van der Waals surface area contributed by atoms with Crippen LogP contribution in [-0.4, -0.2) is 20.7 Å². The van der Waals surface area contributed by atoms with E-state index in [2.05, 4.69) is 15.3 Å². The van der Waals surface area contributed by atoms with Gasteiger partial charge in [-0.3, -0.25) is 9.78 Å². The van der Waals surface area contributed by atoms with Crippen LogP contribution < -0.4 is 5.32 Å². The standard InChI is InChI=1S/C21H16N4O/c1-14(26)15-6-4-8-17(12-15)23-21-18-9-2-3-10-19(18)24-20(25-21)16-7-5-11-22-13-16/h2-13H,1H3,(H,23,24,25). The first-order valence-corrected chi connectivity index (χ1v) is 8.26. The normalized spacial score (nSPS) is 10.7. The summed E-state index contributed by atoms with van der Waals surface area (Å²) in [5.74, 6) is 1.31. The monoisotopic (exact) mass is 340 g/mol. The van der Waals surface area contributed by atoms with E-state index >= 15 is 0 Å². The van der Waals surface area contributed by atoms with Crippen LogP contribution in [0.4, 0.5) is 11.5 Å². The molecule has 4 aromatic rings. The highest BCUT2D eigenvalue weighted by atomic mass is 16.1. The predicted octanol–water partition coefficient (Wildman–Crippen LogP) is 4.64. The van der Waals surface area contributed by atoms with Crippen LogP contribution in [-0.2, 0) is 0 Å². The van der Waals surface area contributed by atoms with E-state index in [1.807, 2.05) is 54.6 Å². The molecule has 0 saturated carbocycles. The zero-order chi connectivity index (χ0) is 17.9. The summed E-state index contributed by atoms with van der Waals surface area (Å²) in [6.45, 7) is 1.56. The van der Waals surface area contributed by atoms with Crippen LogP contribution in [0.5, 0.6) is 0 Å². The summed E-state index contributed by atoms with van der Waals surface area (Å²) in [5.41, 5.74) is 3.14. The van der Waals surface area contributed by atoms with Gasteiger partial charge in [0.1, 0.15) is 5.82 Å². The number of ketones is 1. The first kappa shape index (κ1) is 15.9. The van der Waals surface area contributed by atoms with E-state index in [0.29, 0.717) is 17.2 Å². The van der Waals surface area contributed by atoms with E-state index in [1.165, 1.54) is 0 Å². The molecular formula is C21H16N4O. The second kappa shape index (κ2) is 6.72. The van der Waals surface area contributed by atoms with Gasteiger partial charge in [0.25, 0.3) is 0 Å². The van der Waals surface area contributed by atoms with Crippen molar-refractivity contribution in [2.24, 2.45) is 0 Å². The molecule has 2 aromatic heterocycles. The van der Waals surface area contributed by atoms with Gasteiger partial charge >= 0.3 is 0 Å². The Labute approximate surface area is 150 Å². The quantitative estimate of drug-likeness (QED) is 0.548. The fourth-order valence-electron chi connectivity index (χ4n) is 2.75. The van der Waals surface area contributed by atoms with E-state index in [0.717, 1.165) is 22.2 Å². The summed E-state index contributed by atoms with van der Waals surface area (Å²) in [5, 5.41) is 4.24. The van der Waals surface area contributed by atoms with Gasteiger partial charge in [-0.25, -0.2) is 9.97 Å². The molecule has 126 valence electrons. The van der Waals surface area contributed by atoms with Gasteiger partial charge in [0, 0.05) is 34.6 Å². The number of anilines is 2. The minimum Gasteiger partial charge on any atom is -0.340 e. The summed E-state index contributed by atoms with van der Waals surface area (Å²) >= 11 is 0. The van der Waals surface area contributed by atoms with Gasteiger partial charge in [-0.1, -0.05) is 24.3 Å². The van der Waals surface area contributed by atoms with Gasteiger partial charge in [-0.05, 0) is 43.3 Å². The molecule has 0 atom stereocenters. The summed E-state index contributed by atoms with van der Waals surface area (Å²) in [4.78, 5) is 25.1. The molecule has 0 radical (unpaired) electrons. The molecule has 0 unspecified atom stereocenters. The Morgan fingerprint density at radius 1 is 0.962 bits per heavy atom. The van der Waals surface area contributed by atoms with Crippen LogP contribution in [0, 0.1) is 0 Å². The van der Waals surface area contributed by atoms with Crippen molar-refractivity contribution in [1.82, 2.24) is 15.0 Å². The highest BCUT2D eigenvalue weighted by Gasteiger charge is 2.10. The Hall–Kier alpha value is -3.60. The lowest BCUT2D eigenvalue weighted by molar-refractivity contribution is 0.101. The van der Waals surface area contributed by atoms with Crippen molar-refractivity contribution >= 4 is 28.2 Å². The van der Waals surface area contributed by atoms with Crippen LogP contribution in [0.25, 0.3) is 22.3 Å². The van der Waals surface area contributed by atoms with E-state index in [9.17, 15) is 4.79 Å². The van der Waals surface area contributed by atoms with Gasteiger partial charge in [-0.15, -0.1) is 0 Å². The number of carbonyl (C=O) groups excluding carboxylic acids is 1. The highest BCUT2D eigenvalue weighted by molar-refractivity contribution is 5.96. The van der Waals surface area contributed by atoms with Gasteiger partial charge in [0.15, 0.2) is 11.6 Å². The molecule has 1 N–H and O–H groups in total. The minimum absolute atomic E-state index is 0.0252. The van der Waals surface area contributed by atoms with E-state index in [1.54, 1.807) is 25.4 Å². The zero-order valence-corrected chi connectivity index (χ0v) is 14.2. The molecule has 5 nitrogen and oxygen atoms in total. The number of pyridine rings is 1. The number of Topliss-reactive ketones (excluding diaryl/α,β-unsaturated/α-hetero) is 1.